The fourth-order valence-electron chi connectivity index (χ4n) is 19.6. The van der Waals surface area contributed by atoms with Crippen molar-refractivity contribution in [2.75, 3.05) is 95.7 Å². The lowest BCUT2D eigenvalue weighted by atomic mass is 9.90. The molecule has 22 rings (SSSR count). The molecule has 6 aromatic carbocycles. The third-order valence-electron chi connectivity index (χ3n) is 26.9. The number of aromatic hydroxyl groups is 1. The van der Waals surface area contributed by atoms with Gasteiger partial charge in [0.25, 0.3) is 11.8 Å². The second kappa shape index (κ2) is 36.3. The first kappa shape index (κ1) is 90.6. The third-order valence-corrected chi connectivity index (χ3v) is 28.8. The van der Waals surface area contributed by atoms with E-state index in [9.17, 15) is 22.7 Å². The van der Waals surface area contributed by atoms with Gasteiger partial charge in [0.15, 0.2) is 23.3 Å². The minimum absolute atomic E-state index is 0.00212. The Morgan fingerprint density at radius 1 is 0.440 bits per heavy atom. The average Bonchev–Trinajstić information content (AvgIpc) is 1.56. The summed E-state index contributed by atoms with van der Waals surface area (Å²) in [6, 6.07) is 55.5. The molecule has 1 saturated heterocycles. The summed E-state index contributed by atoms with van der Waals surface area (Å²) < 4.78 is 62.7. The molecule has 7 atom stereocenters. The Hall–Kier alpha value is -12.6. The van der Waals surface area contributed by atoms with Crippen LogP contribution in [0.25, 0.3) is 0 Å². The van der Waals surface area contributed by atoms with Crippen LogP contribution in [0.3, 0.4) is 0 Å². The molecule has 3 fully saturated rings. The largest absolute Gasteiger partial charge is 0.508 e. The van der Waals surface area contributed by atoms with Crippen molar-refractivity contribution in [2.45, 2.75) is 186 Å². The summed E-state index contributed by atoms with van der Waals surface area (Å²) >= 11 is 23.7. The zero-order valence-corrected chi connectivity index (χ0v) is 80.4. The van der Waals surface area contributed by atoms with E-state index >= 15 is 0 Å². The molecular formula is C99H110F4N26OS4. The van der Waals surface area contributed by atoms with Gasteiger partial charge in [-0.1, -0.05) is 184 Å². The van der Waals surface area contributed by atoms with E-state index in [0.717, 1.165) is 202 Å². The SMILES string of the molecule is CC1N=C2N(C)C(=S)c3c(nn(CC4CCN(C)C4)c3Nc3ccccc3)N2C1C.CN1C(=S)c2c(nn(Cc3ccc(C(C)(F)F)cc3)c2Nc2ccccc2)N2C1=NC1CCCCC12.CN1C(=S)c2c(nn(Cc3ccc(C(C)(F)F)cc3)c2Nc2ccccc2)N2CC(C)(C)N=C12.Cc1ccc(Cn2nc3c(c2Nc2ccc(O)cc2)C(=S)N(C)C2=NC4CCCCC4N23)cn1. The van der Waals surface area contributed by atoms with Gasteiger partial charge in [-0.3, -0.25) is 24.6 Å². The average molecular weight is 1880 g/mol. The summed E-state index contributed by atoms with van der Waals surface area (Å²) in [5.41, 5.74) is 10.8. The first-order chi connectivity index (χ1) is 64.3. The highest BCUT2D eigenvalue weighted by Gasteiger charge is 2.51. The second-order valence-electron chi connectivity index (χ2n) is 37.4. The van der Waals surface area contributed by atoms with Crippen molar-refractivity contribution in [2.24, 2.45) is 25.9 Å². The van der Waals surface area contributed by atoms with Crippen molar-refractivity contribution in [3.8, 4) is 5.75 Å². The topological polar surface area (TPSA) is 231 Å². The number of halogens is 4. The molecule has 5 aromatic heterocycles. The Morgan fingerprint density at radius 3 is 1.25 bits per heavy atom. The fraction of sp³-hybridized carbons (Fsp3) is 0.384. The Morgan fingerprint density at radius 2 is 0.821 bits per heavy atom. The number of anilines is 12. The highest BCUT2D eigenvalue weighted by Crippen LogP contribution is 2.48. The minimum atomic E-state index is -2.88. The molecule has 694 valence electrons. The van der Waals surface area contributed by atoms with E-state index in [4.69, 9.17) is 89.2 Å². The normalized spacial score (nSPS) is 21.1. The zero-order valence-electron chi connectivity index (χ0n) is 77.1. The monoisotopic (exact) mass is 1880 g/mol. The number of rotatable bonds is 18. The third kappa shape index (κ3) is 17.6. The summed E-state index contributed by atoms with van der Waals surface area (Å²) in [7, 11) is 10.1. The number of aryl methyl sites for hydroxylation is 1. The molecule has 0 radical (unpaired) electrons. The van der Waals surface area contributed by atoms with Crippen molar-refractivity contribution >= 4 is 162 Å². The molecule has 11 aromatic rings. The number of guanidine groups is 4. The molecule has 2 aliphatic carbocycles. The van der Waals surface area contributed by atoms with Crippen molar-refractivity contribution in [3.63, 3.8) is 0 Å². The Labute approximate surface area is 799 Å². The smallest absolute Gasteiger partial charge is 0.270 e. The van der Waals surface area contributed by atoms with Crippen LogP contribution in [-0.4, -0.2) is 214 Å². The molecule has 7 unspecified atom stereocenters. The highest BCUT2D eigenvalue weighted by molar-refractivity contribution is 7.81. The molecule has 0 spiro atoms. The number of phenols is 1. The lowest BCUT2D eigenvalue weighted by Gasteiger charge is -2.37. The molecule has 5 N–H and O–H groups in total. The van der Waals surface area contributed by atoms with E-state index < -0.39 is 11.8 Å². The summed E-state index contributed by atoms with van der Waals surface area (Å²) in [4.78, 5) is 46.4. The molecule has 2 saturated carbocycles. The van der Waals surface area contributed by atoms with E-state index in [0.29, 0.717) is 59.1 Å². The van der Waals surface area contributed by atoms with Crippen LogP contribution in [0, 0.1) is 12.8 Å². The van der Waals surface area contributed by atoms with Crippen LogP contribution < -0.4 is 40.9 Å². The van der Waals surface area contributed by atoms with Gasteiger partial charge in [-0.2, -0.15) is 20.4 Å². The van der Waals surface area contributed by atoms with Gasteiger partial charge in [0, 0.05) is 101 Å². The number of phenolic OH excluding ortho intramolecular Hbond substituents is 1. The number of aliphatic imine (C=N–C) groups is 4. The molecule has 14 heterocycles. The second-order valence-corrected chi connectivity index (χ2v) is 38.9. The van der Waals surface area contributed by atoms with Crippen LogP contribution in [0.2, 0.25) is 0 Å². The van der Waals surface area contributed by atoms with Gasteiger partial charge in [0.05, 0.1) is 90.2 Å². The quantitative estimate of drug-likeness (QED) is 0.0305. The molecule has 134 heavy (non-hydrogen) atoms. The van der Waals surface area contributed by atoms with Gasteiger partial charge < -0.3 is 50.9 Å². The van der Waals surface area contributed by atoms with Crippen LogP contribution in [0.1, 0.15) is 155 Å². The predicted octanol–water partition coefficient (Wildman–Crippen LogP) is 18.6. The maximum atomic E-state index is 13.8. The number of nitrogens with zero attached hydrogens (tertiary/aromatic N) is 22. The van der Waals surface area contributed by atoms with Crippen LogP contribution in [0.4, 0.5) is 86.9 Å². The van der Waals surface area contributed by atoms with Gasteiger partial charge >= 0.3 is 0 Å². The van der Waals surface area contributed by atoms with Gasteiger partial charge in [0.1, 0.15) is 49.0 Å². The number of thiocarbonyl (C=S) groups is 4. The minimum Gasteiger partial charge on any atom is -0.508 e. The lowest BCUT2D eigenvalue weighted by molar-refractivity contribution is 0.0168. The highest BCUT2D eigenvalue weighted by atomic mass is 32.1. The van der Waals surface area contributed by atoms with Crippen LogP contribution in [0.5, 0.6) is 5.75 Å². The predicted molar refractivity (Wildman–Crippen MR) is 541 cm³/mol. The summed E-state index contributed by atoms with van der Waals surface area (Å²) in [5, 5.41) is 44.2. The van der Waals surface area contributed by atoms with Crippen LogP contribution in [-0.2, 0) is 38.0 Å². The molecular weight excluding hydrogens is 1770 g/mol. The van der Waals surface area contributed by atoms with Crippen molar-refractivity contribution in [1.29, 1.82) is 0 Å². The maximum Gasteiger partial charge on any atom is 0.270 e. The van der Waals surface area contributed by atoms with Crippen molar-refractivity contribution in [1.82, 2.24) is 68.6 Å². The standard InChI is InChI=1S/C27H28F2N6S.C25H26F2N6S.C25H27N7OS.C22H29N7S/c1-27(28,29)18-14-12-17(13-15-18)16-34-23(30-19-8-4-3-5-9-19)22-24(32-34)35-21-11-7-6-10-20(21)31-26(35)33(2)25(22)36;1-24(2)15-32-21-19(22(34)31(4)23(32)29-24)20(28-18-8-6-5-7-9-18)33(30-21)14-16-10-12-17(13-11-16)25(3,26)27;1-15-7-8-16(13-26-15)14-31-22(27-17-9-11-18(33)12-10-17)21-23(29-31)32-20-6-4-3-5-19(20)28-25(32)30(2)24(21)34;1-14-15(2)29-20-18(21(30)27(4)22(29)23-14)19(24-17-8-6-5-7-9-17)28(25-20)13-16-10-11-26(3)12-16/h3-5,8-9,12-15,20-21,30H,6-7,10-11,16H2,1-2H3;5-13,28H,14-15H2,1-4H3;7-13,19-20,27,33H,3-6,14H2,1-2H3;5-9,14-16,24H,10-13H2,1-4H3. The number of pyridine rings is 1. The Bertz CT molecular complexity index is 6430. The van der Waals surface area contributed by atoms with Crippen molar-refractivity contribution in [3.05, 3.63) is 238 Å². The molecule has 11 aliphatic rings. The maximum absolute atomic E-state index is 13.8. The number of para-hydroxylation sites is 3. The Balaban J connectivity index is 0.000000115. The molecule has 27 nitrogen and oxygen atoms in total. The molecule has 0 bridgehead atoms. The van der Waals surface area contributed by atoms with Gasteiger partial charge in [-0.25, -0.2) is 56.3 Å². The fourth-order valence-corrected chi connectivity index (χ4v) is 20.7. The van der Waals surface area contributed by atoms with Crippen LogP contribution in [0.15, 0.2) is 202 Å². The number of fused-ring (bicyclic) bond motifs is 16. The number of nitrogens with one attached hydrogen (secondary N) is 4. The summed E-state index contributed by atoms with van der Waals surface area (Å²) in [6.07, 6.45) is 12.2. The molecule has 35 heteroatoms. The summed E-state index contributed by atoms with van der Waals surface area (Å²) in [5.74, 6) is 5.26. The van der Waals surface area contributed by atoms with E-state index in [1.54, 1.807) is 36.4 Å². The van der Waals surface area contributed by atoms with E-state index in [1.807, 2.05) is 172 Å². The van der Waals surface area contributed by atoms with Gasteiger partial charge in [0.2, 0.25) is 23.8 Å². The number of alkyl halides is 4. The number of likely N-dealkylation sites (tertiary alicyclic amines) is 1. The zero-order chi connectivity index (χ0) is 93.7. The van der Waals surface area contributed by atoms with E-state index in [-0.39, 0.29) is 46.6 Å². The number of hydrogen-bond acceptors (Lipinski definition) is 23. The van der Waals surface area contributed by atoms with Gasteiger partial charge in [-0.15, -0.1) is 0 Å². The first-order valence-corrected chi connectivity index (χ1v) is 47.5. The first-order valence-electron chi connectivity index (χ1n) is 45.9. The number of hydrogen-bond donors (Lipinski definition) is 5. The number of aromatic nitrogens is 9. The van der Waals surface area contributed by atoms with Gasteiger partial charge in [-0.05, 0) is 170 Å². The molecule has 9 aliphatic heterocycles. The van der Waals surface area contributed by atoms with E-state index in [1.165, 1.54) is 56.4 Å². The molecule has 0 amide bonds. The summed E-state index contributed by atoms with van der Waals surface area (Å²) in [6.45, 7) is 17.5. The lowest BCUT2D eigenvalue weighted by Crippen LogP contribution is -2.52. The van der Waals surface area contributed by atoms with E-state index in [2.05, 4.69) is 108 Å². The van der Waals surface area contributed by atoms with Crippen LogP contribution >= 0.6 is 48.9 Å². The van der Waals surface area contributed by atoms with Crippen molar-refractivity contribution < 1.29 is 22.7 Å². The number of benzene rings is 6. The Kier molecular flexibility index (Phi) is 24.6.